The number of nitrogens with zero attached hydrogens (tertiary/aromatic N) is 3. The van der Waals surface area contributed by atoms with Crippen LogP contribution in [0.5, 0.6) is 5.75 Å². The largest absolute Gasteiger partial charge is 0.507 e. The first-order chi connectivity index (χ1) is 15.6. The summed E-state index contributed by atoms with van der Waals surface area (Å²) in [6.45, 7) is 4.37. The van der Waals surface area contributed by atoms with E-state index in [1.165, 1.54) is 7.11 Å². The summed E-state index contributed by atoms with van der Waals surface area (Å²) in [5.74, 6) is -0.939. The van der Waals surface area contributed by atoms with Crippen molar-refractivity contribution in [1.29, 1.82) is 0 Å². The predicted molar refractivity (Wildman–Crippen MR) is 118 cm³/mol. The molecular formula is C24H27N3O5. The maximum absolute atomic E-state index is 13.1. The summed E-state index contributed by atoms with van der Waals surface area (Å²) in [6.07, 6.45) is 3.96. The summed E-state index contributed by atoms with van der Waals surface area (Å²) in [4.78, 5) is 33.9. The van der Waals surface area contributed by atoms with Crippen LogP contribution >= 0.6 is 0 Å². The summed E-state index contributed by atoms with van der Waals surface area (Å²) in [5.41, 5.74) is 1.24. The number of ketones is 1. The number of Topliss-reactive ketones (excluding diaryl/α,β-unsaturated/α-hetero) is 1. The SMILES string of the molecule is COc1cccc(/C(O)=C2\C(=O)C(=O)N(CCCN3CCOCC3)[C@H]2c2ccncc2)c1. The lowest BCUT2D eigenvalue weighted by Crippen LogP contribution is -2.38. The Balaban J connectivity index is 1.65. The smallest absolute Gasteiger partial charge is 0.295 e. The van der Waals surface area contributed by atoms with Crippen LogP contribution in [0.15, 0.2) is 54.4 Å². The molecule has 2 aromatic rings. The number of pyridine rings is 1. The van der Waals surface area contributed by atoms with Gasteiger partial charge >= 0.3 is 0 Å². The zero-order valence-electron chi connectivity index (χ0n) is 18.1. The van der Waals surface area contributed by atoms with Gasteiger partial charge in [-0.2, -0.15) is 0 Å². The minimum atomic E-state index is -0.682. The van der Waals surface area contributed by atoms with E-state index in [-0.39, 0.29) is 11.3 Å². The average molecular weight is 437 g/mol. The van der Waals surface area contributed by atoms with Gasteiger partial charge < -0.3 is 19.5 Å². The molecule has 0 aliphatic carbocycles. The lowest BCUT2D eigenvalue weighted by molar-refractivity contribution is -0.140. The molecule has 0 unspecified atom stereocenters. The van der Waals surface area contributed by atoms with E-state index in [4.69, 9.17) is 9.47 Å². The number of likely N-dealkylation sites (tertiary alicyclic amines) is 1. The van der Waals surface area contributed by atoms with Crippen molar-refractivity contribution >= 4 is 17.4 Å². The van der Waals surface area contributed by atoms with Crippen LogP contribution in [-0.4, -0.2) is 78.1 Å². The molecule has 4 rings (SSSR count). The number of aromatic nitrogens is 1. The molecule has 2 fully saturated rings. The van der Waals surface area contributed by atoms with Crippen LogP contribution in [0, 0.1) is 0 Å². The summed E-state index contributed by atoms with van der Waals surface area (Å²) >= 11 is 0. The van der Waals surface area contributed by atoms with Crippen LogP contribution in [0.1, 0.15) is 23.6 Å². The zero-order valence-corrected chi connectivity index (χ0v) is 18.1. The number of hydrogen-bond acceptors (Lipinski definition) is 7. The maximum atomic E-state index is 13.1. The van der Waals surface area contributed by atoms with E-state index in [0.29, 0.717) is 37.5 Å². The number of ether oxygens (including phenoxy) is 2. The molecule has 2 saturated heterocycles. The van der Waals surface area contributed by atoms with Crippen LogP contribution in [0.25, 0.3) is 5.76 Å². The first kappa shape index (κ1) is 22.0. The lowest BCUT2D eigenvalue weighted by atomic mass is 9.96. The third-order valence-corrected chi connectivity index (χ3v) is 5.88. The molecule has 32 heavy (non-hydrogen) atoms. The first-order valence-electron chi connectivity index (χ1n) is 10.7. The molecule has 0 spiro atoms. The van der Waals surface area contributed by atoms with E-state index < -0.39 is 17.7 Å². The van der Waals surface area contributed by atoms with Crippen molar-refractivity contribution < 1.29 is 24.2 Å². The molecule has 1 amide bonds. The van der Waals surface area contributed by atoms with Gasteiger partial charge in [-0.25, -0.2) is 0 Å². The second kappa shape index (κ2) is 9.93. The fraction of sp³-hybridized carbons (Fsp3) is 0.375. The van der Waals surface area contributed by atoms with Crippen LogP contribution in [-0.2, 0) is 14.3 Å². The van der Waals surface area contributed by atoms with E-state index in [1.54, 1.807) is 53.7 Å². The number of aliphatic hydroxyl groups excluding tert-OH is 1. The summed E-state index contributed by atoms with van der Waals surface area (Å²) in [5, 5.41) is 11.1. The van der Waals surface area contributed by atoms with E-state index in [1.807, 2.05) is 0 Å². The Kier molecular flexibility index (Phi) is 6.82. The molecular weight excluding hydrogens is 410 g/mol. The van der Waals surface area contributed by atoms with Gasteiger partial charge in [0.25, 0.3) is 11.7 Å². The van der Waals surface area contributed by atoms with E-state index in [0.717, 1.165) is 25.2 Å². The predicted octanol–water partition coefficient (Wildman–Crippen LogP) is 2.23. The van der Waals surface area contributed by atoms with Crippen LogP contribution in [0.3, 0.4) is 0 Å². The van der Waals surface area contributed by atoms with Crippen molar-refractivity contribution in [3.63, 3.8) is 0 Å². The van der Waals surface area contributed by atoms with Gasteiger partial charge in [0.15, 0.2) is 0 Å². The van der Waals surface area contributed by atoms with Crippen molar-refractivity contribution in [2.24, 2.45) is 0 Å². The average Bonchev–Trinajstić information content (AvgIpc) is 3.10. The molecule has 3 heterocycles. The van der Waals surface area contributed by atoms with Crippen LogP contribution < -0.4 is 4.74 Å². The molecule has 0 bridgehead atoms. The number of morpholine rings is 1. The number of methoxy groups -OCH3 is 1. The van der Waals surface area contributed by atoms with Crippen molar-refractivity contribution in [2.75, 3.05) is 46.5 Å². The van der Waals surface area contributed by atoms with E-state index in [2.05, 4.69) is 9.88 Å². The fourth-order valence-corrected chi connectivity index (χ4v) is 4.22. The molecule has 1 aromatic carbocycles. The van der Waals surface area contributed by atoms with Gasteiger partial charge in [-0.05, 0) is 36.2 Å². The second-order valence-electron chi connectivity index (χ2n) is 7.81. The normalized spacial score (nSPS) is 21.2. The van der Waals surface area contributed by atoms with Crippen LogP contribution in [0.4, 0.5) is 0 Å². The Morgan fingerprint density at radius 3 is 2.62 bits per heavy atom. The highest BCUT2D eigenvalue weighted by atomic mass is 16.5. The number of amides is 1. The number of hydrogen-bond donors (Lipinski definition) is 1. The third kappa shape index (κ3) is 4.51. The Hall–Kier alpha value is -3.23. The molecule has 0 saturated carbocycles. The van der Waals surface area contributed by atoms with Crippen molar-refractivity contribution in [1.82, 2.24) is 14.8 Å². The monoisotopic (exact) mass is 437 g/mol. The van der Waals surface area contributed by atoms with Gasteiger partial charge in [0, 0.05) is 44.1 Å². The number of carbonyl (C=O) groups is 2. The molecule has 1 aromatic heterocycles. The van der Waals surface area contributed by atoms with Gasteiger partial charge in [-0.1, -0.05) is 12.1 Å². The highest BCUT2D eigenvalue weighted by Crippen LogP contribution is 2.39. The summed E-state index contributed by atoms with van der Waals surface area (Å²) < 4.78 is 10.6. The van der Waals surface area contributed by atoms with Gasteiger partial charge in [0.1, 0.15) is 11.5 Å². The van der Waals surface area contributed by atoms with Crippen molar-refractivity contribution in [3.05, 3.63) is 65.5 Å². The third-order valence-electron chi connectivity index (χ3n) is 5.88. The van der Waals surface area contributed by atoms with Gasteiger partial charge in [0.2, 0.25) is 0 Å². The minimum absolute atomic E-state index is 0.0841. The Labute approximate surface area is 187 Å². The second-order valence-corrected chi connectivity index (χ2v) is 7.81. The highest BCUT2D eigenvalue weighted by Gasteiger charge is 2.45. The van der Waals surface area contributed by atoms with Gasteiger partial charge in [-0.3, -0.25) is 19.5 Å². The molecule has 2 aliphatic heterocycles. The first-order valence-corrected chi connectivity index (χ1v) is 10.7. The van der Waals surface area contributed by atoms with Gasteiger partial charge in [-0.15, -0.1) is 0 Å². The quantitative estimate of drug-likeness (QED) is 0.403. The number of carbonyl (C=O) groups excluding carboxylic acids is 2. The minimum Gasteiger partial charge on any atom is -0.507 e. The van der Waals surface area contributed by atoms with E-state index in [9.17, 15) is 14.7 Å². The van der Waals surface area contributed by atoms with Crippen LogP contribution in [0.2, 0.25) is 0 Å². The number of rotatable bonds is 7. The molecule has 0 radical (unpaired) electrons. The van der Waals surface area contributed by atoms with E-state index >= 15 is 0 Å². The van der Waals surface area contributed by atoms with Gasteiger partial charge in [0.05, 0.1) is 31.9 Å². The molecule has 8 heteroatoms. The Bertz CT molecular complexity index is 1000. The molecule has 1 atom stereocenters. The molecule has 168 valence electrons. The number of benzene rings is 1. The molecule has 1 N–H and O–H groups in total. The number of aliphatic hydroxyl groups is 1. The standard InChI is InChI=1S/C24H27N3O5/c1-31-19-5-2-4-18(16-19)22(28)20-21(17-6-8-25-9-7-17)27(24(30)23(20)29)11-3-10-26-12-14-32-15-13-26/h2,4-9,16,21,28H,3,10-15H2,1H3/b22-20+/t21-/m0/s1. The molecule has 8 nitrogen and oxygen atoms in total. The highest BCUT2D eigenvalue weighted by molar-refractivity contribution is 6.46. The Morgan fingerprint density at radius 2 is 1.91 bits per heavy atom. The lowest BCUT2D eigenvalue weighted by Gasteiger charge is -2.29. The zero-order chi connectivity index (χ0) is 22.5. The fourth-order valence-electron chi connectivity index (χ4n) is 4.22. The topological polar surface area (TPSA) is 92.2 Å². The van der Waals surface area contributed by atoms with Crippen molar-refractivity contribution in [3.8, 4) is 5.75 Å². The maximum Gasteiger partial charge on any atom is 0.295 e. The Morgan fingerprint density at radius 1 is 1.16 bits per heavy atom. The molecule has 2 aliphatic rings. The summed E-state index contributed by atoms with van der Waals surface area (Å²) in [6, 6.07) is 9.68. The summed E-state index contributed by atoms with van der Waals surface area (Å²) in [7, 11) is 1.53. The van der Waals surface area contributed by atoms with Crippen molar-refractivity contribution in [2.45, 2.75) is 12.5 Å².